The van der Waals surface area contributed by atoms with E-state index in [9.17, 15) is 23.2 Å². The summed E-state index contributed by atoms with van der Waals surface area (Å²) in [6.45, 7) is 1.62. The predicted octanol–water partition coefficient (Wildman–Crippen LogP) is 3.54. The van der Waals surface area contributed by atoms with Gasteiger partial charge < -0.3 is 24.1 Å². The van der Waals surface area contributed by atoms with E-state index in [2.05, 4.69) is 20.3 Å². The van der Waals surface area contributed by atoms with Gasteiger partial charge in [-0.2, -0.15) is 0 Å². The van der Waals surface area contributed by atoms with E-state index in [1.807, 2.05) is 0 Å². The second-order valence-corrected chi connectivity index (χ2v) is 8.26. The molecule has 190 valence electrons. The number of nitrogens with zero attached hydrogens (tertiary/aromatic N) is 3. The third kappa shape index (κ3) is 6.16. The summed E-state index contributed by atoms with van der Waals surface area (Å²) in [5, 5.41) is 11.0. The molecule has 1 heterocycles. The Kier molecular flexibility index (Phi) is 8.59. The molecular weight excluding hydrogens is 498 g/mol. The second-order valence-electron chi connectivity index (χ2n) is 7.31. The topological polar surface area (TPSA) is 122 Å². The number of carbonyl (C=O) groups is 3. The Morgan fingerprint density at radius 3 is 2.44 bits per heavy atom. The maximum atomic E-state index is 13.9. The van der Waals surface area contributed by atoms with Crippen LogP contribution in [0.25, 0.3) is 0 Å². The number of anilines is 1. The van der Waals surface area contributed by atoms with Crippen LogP contribution in [0.5, 0.6) is 5.75 Å². The minimum Gasteiger partial charge on any atom is -0.480 e. The first-order valence-electron chi connectivity index (χ1n) is 10.4. The van der Waals surface area contributed by atoms with Gasteiger partial charge in [0.1, 0.15) is 5.82 Å². The smallest absolute Gasteiger partial charge is 0.339 e. The fourth-order valence-electron chi connectivity index (χ4n) is 3.12. The lowest BCUT2D eigenvalue weighted by molar-refractivity contribution is -0.113. The van der Waals surface area contributed by atoms with Gasteiger partial charge in [0.15, 0.2) is 28.7 Å². The van der Waals surface area contributed by atoms with Crippen LogP contribution in [0.2, 0.25) is 0 Å². The Hall–Kier alpha value is -4.00. The van der Waals surface area contributed by atoms with Crippen LogP contribution in [-0.4, -0.2) is 52.6 Å². The summed E-state index contributed by atoms with van der Waals surface area (Å²) in [7, 11) is 4.05. The van der Waals surface area contributed by atoms with Crippen molar-refractivity contribution in [3.63, 3.8) is 0 Å². The van der Waals surface area contributed by atoms with Gasteiger partial charge >= 0.3 is 11.9 Å². The maximum absolute atomic E-state index is 13.9. The van der Waals surface area contributed by atoms with Crippen LogP contribution in [0.1, 0.15) is 39.6 Å². The molecule has 1 amide bonds. The quantitative estimate of drug-likeness (QED) is 0.333. The van der Waals surface area contributed by atoms with Crippen molar-refractivity contribution in [2.24, 2.45) is 7.05 Å². The Morgan fingerprint density at radius 2 is 1.78 bits per heavy atom. The molecule has 3 aromatic rings. The Morgan fingerprint density at radius 1 is 1.06 bits per heavy atom. The zero-order chi connectivity index (χ0) is 26.4. The minimum atomic E-state index is -0.849. The number of thioether (sulfide) groups is 1. The molecule has 0 aliphatic rings. The van der Waals surface area contributed by atoms with Crippen LogP contribution < -0.4 is 10.1 Å². The molecule has 2 aromatic carbocycles. The van der Waals surface area contributed by atoms with Gasteiger partial charge in [-0.05, 0) is 37.3 Å². The summed E-state index contributed by atoms with van der Waals surface area (Å²) in [6, 6.07) is 7.01. The van der Waals surface area contributed by atoms with Crippen molar-refractivity contribution in [1.29, 1.82) is 0 Å². The van der Waals surface area contributed by atoms with E-state index < -0.39 is 35.6 Å². The SMILES string of the molecule is COC(=O)c1ccc(C(=O)OC)c(NC(=O)CSc2nnc(C(C)Oc3ccc(F)cc3F)n2C)c1. The van der Waals surface area contributed by atoms with E-state index in [1.54, 1.807) is 18.5 Å². The molecule has 0 spiro atoms. The molecule has 0 fully saturated rings. The van der Waals surface area contributed by atoms with Gasteiger partial charge in [0.05, 0.1) is 36.8 Å². The van der Waals surface area contributed by atoms with E-state index in [4.69, 9.17) is 9.47 Å². The number of benzene rings is 2. The molecule has 0 bridgehead atoms. The Balaban J connectivity index is 1.68. The van der Waals surface area contributed by atoms with Gasteiger partial charge in [-0.15, -0.1) is 10.2 Å². The second kappa shape index (κ2) is 11.6. The fourth-order valence-corrected chi connectivity index (χ4v) is 3.83. The van der Waals surface area contributed by atoms with Gasteiger partial charge in [0, 0.05) is 13.1 Å². The van der Waals surface area contributed by atoms with Crippen LogP contribution in [0.4, 0.5) is 14.5 Å². The number of carbonyl (C=O) groups excluding carboxylic acids is 3. The van der Waals surface area contributed by atoms with Crippen molar-refractivity contribution in [1.82, 2.24) is 14.8 Å². The highest BCUT2D eigenvalue weighted by atomic mass is 32.2. The van der Waals surface area contributed by atoms with Crippen molar-refractivity contribution in [2.75, 3.05) is 25.3 Å². The number of aromatic nitrogens is 3. The van der Waals surface area contributed by atoms with Gasteiger partial charge in [-0.1, -0.05) is 11.8 Å². The largest absolute Gasteiger partial charge is 0.480 e. The van der Waals surface area contributed by atoms with Crippen LogP contribution in [-0.2, 0) is 21.3 Å². The maximum Gasteiger partial charge on any atom is 0.339 e. The zero-order valence-electron chi connectivity index (χ0n) is 19.7. The highest BCUT2D eigenvalue weighted by Gasteiger charge is 2.21. The molecular formula is C23H22F2N4O6S. The summed E-state index contributed by atoms with van der Waals surface area (Å²) in [4.78, 5) is 36.5. The third-order valence-electron chi connectivity index (χ3n) is 4.88. The van der Waals surface area contributed by atoms with Gasteiger partial charge in [0.2, 0.25) is 5.91 Å². The number of ether oxygens (including phenoxy) is 3. The van der Waals surface area contributed by atoms with Crippen LogP contribution >= 0.6 is 11.8 Å². The van der Waals surface area contributed by atoms with Gasteiger partial charge in [-0.3, -0.25) is 4.79 Å². The van der Waals surface area contributed by atoms with Crippen molar-refractivity contribution in [3.8, 4) is 5.75 Å². The standard InChI is InChI=1S/C23H22F2N4O6S/c1-12(35-18-8-6-14(24)10-16(18)25)20-27-28-23(29(20)2)36-11-19(30)26-17-9-13(21(31)33-3)5-7-15(17)22(32)34-4/h5-10,12H,11H2,1-4H3,(H,26,30). The summed E-state index contributed by atoms with van der Waals surface area (Å²) < 4.78 is 43.5. The van der Waals surface area contributed by atoms with Crippen LogP contribution in [0.3, 0.4) is 0 Å². The highest BCUT2D eigenvalue weighted by molar-refractivity contribution is 7.99. The first-order chi connectivity index (χ1) is 17.1. The van der Waals surface area contributed by atoms with Crippen molar-refractivity contribution in [3.05, 3.63) is 65.0 Å². The lowest BCUT2D eigenvalue weighted by atomic mass is 10.1. The minimum absolute atomic E-state index is 0.0587. The lowest BCUT2D eigenvalue weighted by Gasteiger charge is -2.15. The van der Waals surface area contributed by atoms with Crippen LogP contribution in [0, 0.1) is 11.6 Å². The zero-order valence-corrected chi connectivity index (χ0v) is 20.5. The lowest BCUT2D eigenvalue weighted by Crippen LogP contribution is -2.18. The van der Waals surface area contributed by atoms with Crippen molar-refractivity contribution >= 4 is 35.3 Å². The number of esters is 2. The molecule has 13 heteroatoms. The highest BCUT2D eigenvalue weighted by Crippen LogP contribution is 2.26. The molecule has 3 rings (SSSR count). The average Bonchev–Trinajstić information content (AvgIpc) is 3.23. The Labute approximate surface area is 208 Å². The average molecular weight is 521 g/mol. The number of methoxy groups -OCH3 is 2. The molecule has 1 atom stereocenters. The number of rotatable bonds is 9. The summed E-state index contributed by atoms with van der Waals surface area (Å²) >= 11 is 1.05. The molecule has 0 radical (unpaired) electrons. The Bertz CT molecular complexity index is 1300. The summed E-state index contributed by atoms with van der Waals surface area (Å²) in [6.07, 6.45) is -0.727. The van der Waals surface area contributed by atoms with E-state index in [0.717, 1.165) is 17.8 Å². The molecule has 36 heavy (non-hydrogen) atoms. The van der Waals surface area contributed by atoms with Gasteiger partial charge in [0.25, 0.3) is 0 Å². The molecule has 1 unspecified atom stereocenters. The number of hydrogen-bond acceptors (Lipinski definition) is 9. The molecule has 0 saturated heterocycles. The van der Waals surface area contributed by atoms with Crippen LogP contribution in [0.15, 0.2) is 41.6 Å². The number of amides is 1. The molecule has 1 N–H and O–H groups in total. The van der Waals surface area contributed by atoms with E-state index in [1.165, 1.54) is 38.5 Å². The first-order valence-corrected chi connectivity index (χ1v) is 11.4. The predicted molar refractivity (Wildman–Crippen MR) is 125 cm³/mol. The molecule has 0 saturated carbocycles. The molecule has 0 aliphatic carbocycles. The summed E-state index contributed by atoms with van der Waals surface area (Å²) in [5.41, 5.74) is 0.276. The summed E-state index contributed by atoms with van der Waals surface area (Å²) in [5.74, 6) is -3.31. The van der Waals surface area contributed by atoms with E-state index in [0.29, 0.717) is 17.0 Å². The number of hydrogen-bond donors (Lipinski definition) is 1. The third-order valence-corrected chi connectivity index (χ3v) is 5.90. The number of halogens is 2. The van der Waals surface area contributed by atoms with Crippen molar-refractivity contribution in [2.45, 2.75) is 18.2 Å². The molecule has 10 nitrogen and oxygen atoms in total. The molecule has 0 aliphatic heterocycles. The fraction of sp³-hybridized carbons (Fsp3) is 0.261. The van der Waals surface area contributed by atoms with Crippen molar-refractivity contribution < 1.29 is 37.4 Å². The first kappa shape index (κ1) is 26.6. The van der Waals surface area contributed by atoms with E-state index in [-0.39, 0.29) is 28.3 Å². The van der Waals surface area contributed by atoms with Gasteiger partial charge in [-0.25, -0.2) is 18.4 Å². The normalized spacial score (nSPS) is 11.5. The van der Waals surface area contributed by atoms with E-state index >= 15 is 0 Å². The monoisotopic (exact) mass is 520 g/mol. The molecule has 1 aromatic heterocycles. The number of nitrogens with one attached hydrogen (secondary N) is 1.